The van der Waals surface area contributed by atoms with Gasteiger partial charge in [-0.05, 0) is 43.5 Å². The fraction of sp³-hybridized carbons (Fsp3) is 0.667. The summed E-state index contributed by atoms with van der Waals surface area (Å²) >= 11 is 0. The van der Waals surface area contributed by atoms with Crippen molar-refractivity contribution in [2.24, 2.45) is 5.92 Å². The topological polar surface area (TPSA) is 28.2 Å². The number of hydrogen-bond acceptors (Lipinski definition) is 3. The second kappa shape index (κ2) is 6.19. The van der Waals surface area contributed by atoms with Crippen LogP contribution < -0.4 is 5.32 Å². The molecule has 1 unspecified atom stereocenters. The van der Waals surface area contributed by atoms with Gasteiger partial charge in [0.15, 0.2) is 0 Å². The van der Waals surface area contributed by atoms with Crippen LogP contribution in [0.2, 0.25) is 0 Å². The lowest BCUT2D eigenvalue weighted by molar-refractivity contribution is 0.271. The molecule has 0 amide bonds. The van der Waals surface area contributed by atoms with Crippen LogP contribution in [0.25, 0.3) is 0 Å². The van der Waals surface area contributed by atoms with Crippen molar-refractivity contribution in [2.75, 3.05) is 25.0 Å². The van der Waals surface area contributed by atoms with Crippen molar-refractivity contribution >= 4 is 5.82 Å². The SMILES string of the molecule is CCN1CCCC1c1ccc(NCC(C)C)nc1. The van der Waals surface area contributed by atoms with E-state index >= 15 is 0 Å². The number of hydrogen-bond donors (Lipinski definition) is 1. The number of rotatable bonds is 5. The molecule has 100 valence electrons. The van der Waals surface area contributed by atoms with E-state index in [9.17, 15) is 0 Å². The predicted octanol–water partition coefficient (Wildman–Crippen LogP) is 3.31. The van der Waals surface area contributed by atoms with Crippen LogP contribution in [0.1, 0.15) is 45.2 Å². The molecule has 0 saturated carbocycles. The van der Waals surface area contributed by atoms with Crippen LogP contribution >= 0.6 is 0 Å². The van der Waals surface area contributed by atoms with Gasteiger partial charge in [0.05, 0.1) is 0 Å². The molecule has 1 aliphatic rings. The maximum Gasteiger partial charge on any atom is 0.125 e. The molecule has 1 aliphatic heterocycles. The first-order chi connectivity index (χ1) is 8.70. The Morgan fingerprint density at radius 1 is 1.44 bits per heavy atom. The standard InChI is InChI=1S/C15H25N3/c1-4-18-9-5-6-14(18)13-7-8-15(17-11-13)16-10-12(2)3/h7-8,11-12,14H,4-6,9-10H2,1-3H3,(H,16,17). The van der Waals surface area contributed by atoms with Gasteiger partial charge in [-0.1, -0.05) is 26.8 Å². The van der Waals surface area contributed by atoms with E-state index in [0.717, 1.165) is 18.9 Å². The molecule has 0 aromatic carbocycles. The molecule has 1 N–H and O–H groups in total. The number of likely N-dealkylation sites (tertiary alicyclic amines) is 1. The van der Waals surface area contributed by atoms with Gasteiger partial charge in [-0.25, -0.2) is 4.98 Å². The van der Waals surface area contributed by atoms with Crippen molar-refractivity contribution < 1.29 is 0 Å². The molecule has 3 heteroatoms. The fourth-order valence-corrected chi connectivity index (χ4v) is 2.60. The van der Waals surface area contributed by atoms with Gasteiger partial charge in [-0.2, -0.15) is 0 Å². The highest BCUT2D eigenvalue weighted by atomic mass is 15.2. The van der Waals surface area contributed by atoms with Gasteiger partial charge in [-0.3, -0.25) is 4.90 Å². The Morgan fingerprint density at radius 3 is 2.89 bits per heavy atom. The van der Waals surface area contributed by atoms with Crippen LogP contribution in [-0.4, -0.2) is 29.5 Å². The summed E-state index contributed by atoms with van der Waals surface area (Å²) < 4.78 is 0. The van der Waals surface area contributed by atoms with E-state index in [1.807, 2.05) is 6.20 Å². The Morgan fingerprint density at radius 2 is 2.28 bits per heavy atom. The van der Waals surface area contributed by atoms with Crippen molar-refractivity contribution in [2.45, 2.75) is 39.7 Å². The summed E-state index contributed by atoms with van der Waals surface area (Å²) in [6.07, 6.45) is 4.63. The lowest BCUT2D eigenvalue weighted by Gasteiger charge is -2.22. The molecule has 2 rings (SSSR count). The van der Waals surface area contributed by atoms with E-state index in [4.69, 9.17) is 0 Å². The molecule has 0 radical (unpaired) electrons. The Labute approximate surface area is 111 Å². The number of anilines is 1. The lowest BCUT2D eigenvalue weighted by Crippen LogP contribution is -2.22. The van der Waals surface area contributed by atoms with Gasteiger partial charge < -0.3 is 5.32 Å². The number of pyridine rings is 1. The van der Waals surface area contributed by atoms with Crippen LogP contribution in [0.3, 0.4) is 0 Å². The van der Waals surface area contributed by atoms with Crippen molar-refractivity contribution in [3.63, 3.8) is 0 Å². The molecule has 1 atom stereocenters. The number of nitrogens with one attached hydrogen (secondary N) is 1. The third kappa shape index (κ3) is 3.22. The molecular weight excluding hydrogens is 222 g/mol. The summed E-state index contributed by atoms with van der Waals surface area (Å²) in [6, 6.07) is 4.93. The van der Waals surface area contributed by atoms with E-state index in [-0.39, 0.29) is 0 Å². The van der Waals surface area contributed by atoms with E-state index in [1.165, 1.54) is 24.9 Å². The Balaban J connectivity index is 1.98. The zero-order valence-corrected chi connectivity index (χ0v) is 11.8. The molecule has 2 heterocycles. The van der Waals surface area contributed by atoms with Gasteiger partial charge >= 0.3 is 0 Å². The van der Waals surface area contributed by atoms with Crippen LogP contribution in [0.4, 0.5) is 5.82 Å². The summed E-state index contributed by atoms with van der Waals surface area (Å²) in [5.74, 6) is 1.64. The molecule has 0 spiro atoms. The highest BCUT2D eigenvalue weighted by Crippen LogP contribution is 2.31. The predicted molar refractivity (Wildman–Crippen MR) is 76.8 cm³/mol. The minimum absolute atomic E-state index is 0.585. The van der Waals surface area contributed by atoms with Gasteiger partial charge in [-0.15, -0.1) is 0 Å². The molecule has 3 nitrogen and oxygen atoms in total. The summed E-state index contributed by atoms with van der Waals surface area (Å²) in [7, 11) is 0. The monoisotopic (exact) mass is 247 g/mol. The molecule has 0 aliphatic carbocycles. The smallest absolute Gasteiger partial charge is 0.125 e. The highest BCUT2D eigenvalue weighted by Gasteiger charge is 2.24. The number of aromatic nitrogens is 1. The highest BCUT2D eigenvalue weighted by molar-refractivity contribution is 5.36. The van der Waals surface area contributed by atoms with E-state index < -0.39 is 0 Å². The van der Waals surface area contributed by atoms with Gasteiger partial charge in [0.1, 0.15) is 5.82 Å². The third-order valence-corrected chi connectivity index (χ3v) is 3.63. The molecule has 0 bridgehead atoms. The zero-order chi connectivity index (χ0) is 13.0. The summed E-state index contributed by atoms with van der Waals surface area (Å²) in [4.78, 5) is 7.07. The molecule has 1 aromatic rings. The Bertz CT molecular complexity index is 359. The normalized spacial score (nSPS) is 20.6. The summed E-state index contributed by atoms with van der Waals surface area (Å²) in [5, 5.41) is 3.36. The minimum atomic E-state index is 0.585. The second-order valence-electron chi connectivity index (χ2n) is 5.54. The Kier molecular flexibility index (Phi) is 4.59. The molecular formula is C15H25N3. The summed E-state index contributed by atoms with van der Waals surface area (Å²) in [5.41, 5.74) is 1.37. The third-order valence-electron chi connectivity index (χ3n) is 3.63. The second-order valence-corrected chi connectivity index (χ2v) is 5.54. The Hall–Kier alpha value is -1.09. The minimum Gasteiger partial charge on any atom is -0.370 e. The maximum atomic E-state index is 4.53. The molecule has 1 aromatic heterocycles. The van der Waals surface area contributed by atoms with Gasteiger partial charge in [0.25, 0.3) is 0 Å². The van der Waals surface area contributed by atoms with Crippen LogP contribution in [0, 0.1) is 5.92 Å². The van der Waals surface area contributed by atoms with Crippen LogP contribution in [0.15, 0.2) is 18.3 Å². The lowest BCUT2D eigenvalue weighted by atomic mass is 10.1. The van der Waals surface area contributed by atoms with Crippen molar-refractivity contribution in [1.82, 2.24) is 9.88 Å². The first-order valence-corrected chi connectivity index (χ1v) is 7.14. The van der Waals surface area contributed by atoms with Gasteiger partial charge in [0.2, 0.25) is 0 Å². The van der Waals surface area contributed by atoms with Crippen molar-refractivity contribution in [1.29, 1.82) is 0 Å². The largest absolute Gasteiger partial charge is 0.370 e. The first-order valence-electron chi connectivity index (χ1n) is 7.14. The van der Waals surface area contributed by atoms with Crippen LogP contribution in [0.5, 0.6) is 0 Å². The average molecular weight is 247 g/mol. The first kappa shape index (κ1) is 13.3. The molecule has 1 saturated heterocycles. The molecule has 1 fully saturated rings. The van der Waals surface area contributed by atoms with E-state index in [0.29, 0.717) is 12.0 Å². The fourth-order valence-electron chi connectivity index (χ4n) is 2.60. The van der Waals surface area contributed by atoms with Crippen molar-refractivity contribution in [3.05, 3.63) is 23.9 Å². The van der Waals surface area contributed by atoms with Crippen molar-refractivity contribution in [3.8, 4) is 0 Å². The van der Waals surface area contributed by atoms with Crippen LogP contribution in [-0.2, 0) is 0 Å². The summed E-state index contributed by atoms with van der Waals surface area (Å²) in [6.45, 7) is 10.0. The maximum absolute atomic E-state index is 4.53. The quantitative estimate of drug-likeness (QED) is 0.865. The average Bonchev–Trinajstić information content (AvgIpc) is 2.85. The van der Waals surface area contributed by atoms with E-state index in [1.54, 1.807) is 0 Å². The zero-order valence-electron chi connectivity index (χ0n) is 11.8. The molecule has 18 heavy (non-hydrogen) atoms. The van der Waals surface area contributed by atoms with Gasteiger partial charge in [0, 0.05) is 18.8 Å². The van der Waals surface area contributed by atoms with E-state index in [2.05, 4.69) is 48.1 Å². The number of nitrogens with zero attached hydrogens (tertiary/aromatic N) is 2.